The molecule has 1 aliphatic carbocycles. The van der Waals surface area contributed by atoms with Crippen molar-refractivity contribution >= 4 is 6.09 Å². The third-order valence-electron chi connectivity index (χ3n) is 4.98. The summed E-state index contributed by atoms with van der Waals surface area (Å²) in [5.74, 6) is 0.856. The molecule has 0 fully saturated rings. The summed E-state index contributed by atoms with van der Waals surface area (Å²) >= 11 is 0. The zero-order valence-electron chi connectivity index (χ0n) is 16.2. The van der Waals surface area contributed by atoms with Gasteiger partial charge in [0, 0.05) is 5.56 Å². The summed E-state index contributed by atoms with van der Waals surface area (Å²) in [6.07, 6.45) is -0.404. The van der Waals surface area contributed by atoms with Crippen molar-refractivity contribution in [2.75, 3.05) is 6.61 Å². The number of carboxylic acid groups (broad SMARTS) is 1. The van der Waals surface area contributed by atoms with Gasteiger partial charge in [0.05, 0.1) is 12.6 Å². The number of rotatable bonds is 5. The van der Waals surface area contributed by atoms with Gasteiger partial charge in [-0.2, -0.15) is 0 Å². The Morgan fingerprint density at radius 1 is 1.30 bits per heavy atom. The second-order valence-electron chi connectivity index (χ2n) is 8.31. The van der Waals surface area contributed by atoms with Crippen molar-refractivity contribution in [2.24, 2.45) is 11.3 Å². The maximum atomic E-state index is 14.8. The van der Waals surface area contributed by atoms with Crippen molar-refractivity contribution in [1.29, 1.82) is 0 Å². The lowest BCUT2D eigenvalue weighted by Gasteiger charge is -2.27. The maximum absolute atomic E-state index is 14.8. The fraction of sp³-hybridized carbons (Fsp3) is 0.409. The Morgan fingerprint density at radius 3 is 2.56 bits per heavy atom. The number of hydrogen-bond donors (Lipinski definition) is 2. The molecule has 0 saturated heterocycles. The lowest BCUT2D eigenvalue weighted by Crippen LogP contribution is -2.34. The summed E-state index contributed by atoms with van der Waals surface area (Å²) in [6.45, 7) is 8.79. The molecule has 4 nitrogen and oxygen atoms in total. The zero-order chi connectivity index (χ0) is 19.8. The first-order valence-electron chi connectivity index (χ1n) is 9.22. The minimum atomic E-state index is -1.10. The fourth-order valence-corrected chi connectivity index (χ4v) is 3.68. The summed E-state index contributed by atoms with van der Waals surface area (Å²) < 4.78 is 20.5. The summed E-state index contributed by atoms with van der Waals surface area (Å²) in [7, 11) is 0. The van der Waals surface area contributed by atoms with Crippen LogP contribution in [0.1, 0.15) is 44.9 Å². The van der Waals surface area contributed by atoms with Gasteiger partial charge < -0.3 is 15.2 Å². The minimum Gasteiger partial charge on any atom is -0.493 e. The van der Waals surface area contributed by atoms with Crippen LogP contribution in [0.3, 0.4) is 0 Å². The van der Waals surface area contributed by atoms with Crippen LogP contribution >= 0.6 is 0 Å². The number of ether oxygens (including phenoxy) is 1. The molecule has 5 heteroatoms. The number of halogens is 1. The molecule has 0 spiro atoms. The van der Waals surface area contributed by atoms with Crippen LogP contribution in [0.15, 0.2) is 36.4 Å². The Kier molecular flexibility index (Phi) is 5.13. The van der Waals surface area contributed by atoms with E-state index in [0.29, 0.717) is 24.5 Å². The van der Waals surface area contributed by atoms with E-state index in [9.17, 15) is 9.18 Å². The van der Waals surface area contributed by atoms with Crippen LogP contribution in [0, 0.1) is 17.2 Å². The number of amides is 1. The van der Waals surface area contributed by atoms with E-state index in [1.807, 2.05) is 44.2 Å². The van der Waals surface area contributed by atoms with Crippen LogP contribution in [0.4, 0.5) is 9.18 Å². The van der Waals surface area contributed by atoms with Gasteiger partial charge in [0.15, 0.2) is 0 Å². The molecule has 0 aromatic heterocycles. The summed E-state index contributed by atoms with van der Waals surface area (Å²) in [5, 5.41) is 11.7. The average Bonchev–Trinajstić information content (AvgIpc) is 2.82. The highest BCUT2D eigenvalue weighted by Gasteiger charge is 2.40. The molecular formula is C22H26FNO3. The van der Waals surface area contributed by atoms with Crippen LogP contribution in [0.25, 0.3) is 11.1 Å². The number of fused-ring (bicyclic) bond motifs is 1. The molecule has 0 unspecified atom stereocenters. The number of hydrogen-bond acceptors (Lipinski definition) is 2. The van der Waals surface area contributed by atoms with Crippen molar-refractivity contribution in [3.63, 3.8) is 0 Å². The topological polar surface area (TPSA) is 58.6 Å². The fourth-order valence-electron chi connectivity index (χ4n) is 3.68. The van der Waals surface area contributed by atoms with Gasteiger partial charge in [-0.1, -0.05) is 39.8 Å². The summed E-state index contributed by atoms with van der Waals surface area (Å²) in [6, 6.07) is 10.3. The van der Waals surface area contributed by atoms with Gasteiger partial charge in [0.1, 0.15) is 11.6 Å². The molecule has 1 atom stereocenters. The SMILES string of the molecule is CC(C)COc1ccc(-c2cc3c(cc2F)[C@H](NC(=O)O)C(C)(C)C3)cc1. The quantitative estimate of drug-likeness (QED) is 0.738. The molecule has 27 heavy (non-hydrogen) atoms. The van der Waals surface area contributed by atoms with E-state index in [-0.39, 0.29) is 11.2 Å². The van der Waals surface area contributed by atoms with E-state index >= 15 is 0 Å². The van der Waals surface area contributed by atoms with Gasteiger partial charge >= 0.3 is 6.09 Å². The first-order valence-corrected chi connectivity index (χ1v) is 9.22. The van der Waals surface area contributed by atoms with Crippen molar-refractivity contribution < 1.29 is 19.0 Å². The molecule has 0 bridgehead atoms. The number of carbonyl (C=O) groups is 1. The van der Waals surface area contributed by atoms with Gasteiger partial charge in [-0.05, 0) is 58.7 Å². The molecule has 2 aromatic rings. The highest BCUT2D eigenvalue weighted by Crippen LogP contribution is 2.46. The molecule has 0 aliphatic heterocycles. The van der Waals surface area contributed by atoms with E-state index in [1.54, 1.807) is 0 Å². The lowest BCUT2D eigenvalue weighted by atomic mass is 9.85. The smallest absolute Gasteiger partial charge is 0.405 e. The van der Waals surface area contributed by atoms with Crippen LogP contribution in [0.2, 0.25) is 0 Å². The highest BCUT2D eigenvalue weighted by molar-refractivity contribution is 5.69. The first-order chi connectivity index (χ1) is 12.7. The van der Waals surface area contributed by atoms with E-state index in [4.69, 9.17) is 9.84 Å². The summed E-state index contributed by atoms with van der Waals surface area (Å²) in [5.41, 5.74) is 2.70. The van der Waals surface area contributed by atoms with Crippen LogP contribution in [-0.2, 0) is 6.42 Å². The molecule has 144 valence electrons. The van der Waals surface area contributed by atoms with Crippen molar-refractivity contribution in [2.45, 2.75) is 40.2 Å². The number of nitrogens with one attached hydrogen (secondary N) is 1. The molecule has 0 heterocycles. The standard InChI is InChI=1S/C22H26FNO3/c1-13(2)12-27-16-7-5-14(6-8-16)17-9-15-11-22(3,4)20(24-21(25)26)18(15)10-19(17)23/h5-10,13,20,24H,11-12H2,1-4H3,(H,25,26)/t20-/m0/s1. The van der Waals surface area contributed by atoms with Gasteiger partial charge in [-0.3, -0.25) is 0 Å². The van der Waals surface area contributed by atoms with Crippen molar-refractivity contribution in [3.8, 4) is 16.9 Å². The normalized spacial score (nSPS) is 17.6. The Labute approximate surface area is 159 Å². The Morgan fingerprint density at radius 2 is 1.96 bits per heavy atom. The van der Waals surface area contributed by atoms with Gasteiger partial charge in [-0.25, -0.2) is 9.18 Å². The molecule has 0 radical (unpaired) electrons. The Bertz CT molecular complexity index is 843. The van der Waals surface area contributed by atoms with Crippen LogP contribution < -0.4 is 10.1 Å². The monoisotopic (exact) mass is 371 g/mol. The highest BCUT2D eigenvalue weighted by atomic mass is 19.1. The maximum Gasteiger partial charge on any atom is 0.405 e. The first kappa shape index (κ1) is 19.2. The van der Waals surface area contributed by atoms with E-state index in [1.165, 1.54) is 6.07 Å². The molecule has 1 aliphatic rings. The third kappa shape index (κ3) is 4.07. The Hall–Kier alpha value is -2.56. The number of benzene rings is 2. The Balaban J connectivity index is 1.90. The zero-order valence-corrected chi connectivity index (χ0v) is 16.2. The molecule has 1 amide bonds. The van der Waals surface area contributed by atoms with Gasteiger partial charge in [0.2, 0.25) is 0 Å². The molecule has 3 rings (SSSR count). The second-order valence-corrected chi connectivity index (χ2v) is 8.31. The molecule has 0 saturated carbocycles. The molecular weight excluding hydrogens is 345 g/mol. The molecule has 2 N–H and O–H groups in total. The van der Waals surface area contributed by atoms with Crippen LogP contribution in [-0.4, -0.2) is 17.8 Å². The largest absolute Gasteiger partial charge is 0.493 e. The second kappa shape index (κ2) is 7.22. The van der Waals surface area contributed by atoms with E-state index < -0.39 is 12.1 Å². The predicted octanol–water partition coefficient (Wildman–Crippen LogP) is 5.42. The minimum absolute atomic E-state index is 0.305. The van der Waals surface area contributed by atoms with Crippen molar-refractivity contribution in [3.05, 3.63) is 53.3 Å². The third-order valence-corrected chi connectivity index (χ3v) is 4.98. The van der Waals surface area contributed by atoms with E-state index in [0.717, 1.165) is 22.4 Å². The van der Waals surface area contributed by atoms with Crippen LogP contribution in [0.5, 0.6) is 5.75 Å². The van der Waals surface area contributed by atoms with E-state index in [2.05, 4.69) is 19.2 Å². The molecule has 2 aromatic carbocycles. The predicted molar refractivity (Wildman–Crippen MR) is 104 cm³/mol. The van der Waals surface area contributed by atoms with Gasteiger partial charge in [0.25, 0.3) is 0 Å². The summed E-state index contributed by atoms with van der Waals surface area (Å²) in [4.78, 5) is 11.1. The average molecular weight is 371 g/mol. The lowest BCUT2D eigenvalue weighted by molar-refractivity contribution is 0.175. The van der Waals surface area contributed by atoms with Gasteiger partial charge in [-0.15, -0.1) is 0 Å². The van der Waals surface area contributed by atoms with Crippen molar-refractivity contribution in [1.82, 2.24) is 5.32 Å².